The second kappa shape index (κ2) is 7.98. The van der Waals surface area contributed by atoms with Crippen molar-refractivity contribution in [2.75, 3.05) is 7.11 Å². The van der Waals surface area contributed by atoms with Gasteiger partial charge in [-0.3, -0.25) is 5.43 Å². The molecule has 1 aliphatic rings. The van der Waals surface area contributed by atoms with Crippen molar-refractivity contribution in [3.8, 4) is 5.75 Å². The van der Waals surface area contributed by atoms with Crippen molar-refractivity contribution < 1.29 is 4.74 Å². The molecule has 1 fully saturated rings. The Morgan fingerprint density at radius 1 is 1.19 bits per heavy atom. The highest BCUT2D eigenvalue weighted by Gasteiger charge is 2.13. The molecule has 1 saturated carbocycles. The maximum Gasteiger partial charge on any atom is 0.187 e. The van der Waals surface area contributed by atoms with Gasteiger partial charge in [0.05, 0.1) is 12.8 Å². The van der Waals surface area contributed by atoms with Crippen molar-refractivity contribution >= 4 is 23.0 Å². The molecule has 0 heterocycles. The van der Waals surface area contributed by atoms with Gasteiger partial charge in [-0.1, -0.05) is 19.3 Å². The van der Waals surface area contributed by atoms with E-state index in [4.69, 9.17) is 17.0 Å². The van der Waals surface area contributed by atoms with Gasteiger partial charge >= 0.3 is 0 Å². The predicted molar refractivity (Wildman–Crippen MR) is 90.9 cm³/mol. The number of rotatable bonds is 4. The van der Waals surface area contributed by atoms with E-state index in [0.29, 0.717) is 11.2 Å². The molecule has 0 amide bonds. The summed E-state index contributed by atoms with van der Waals surface area (Å²) in [7, 11) is 1.66. The molecule has 0 unspecified atom stereocenters. The van der Waals surface area contributed by atoms with Crippen LogP contribution in [0.1, 0.15) is 44.6 Å². The van der Waals surface area contributed by atoms with Crippen molar-refractivity contribution in [3.63, 3.8) is 0 Å². The lowest BCUT2D eigenvalue weighted by atomic mass is 9.96. The molecule has 0 bridgehead atoms. The number of hydrogen-bond acceptors (Lipinski definition) is 3. The number of methoxy groups -OCH3 is 1. The quantitative estimate of drug-likeness (QED) is 0.509. The first-order valence-corrected chi connectivity index (χ1v) is 7.85. The normalized spacial score (nSPS) is 16.4. The van der Waals surface area contributed by atoms with E-state index < -0.39 is 0 Å². The van der Waals surface area contributed by atoms with Crippen LogP contribution in [-0.4, -0.2) is 24.0 Å². The van der Waals surface area contributed by atoms with Crippen molar-refractivity contribution in [2.24, 2.45) is 5.10 Å². The first kappa shape index (κ1) is 15.8. The van der Waals surface area contributed by atoms with Crippen LogP contribution in [0.25, 0.3) is 0 Å². The molecule has 21 heavy (non-hydrogen) atoms. The zero-order valence-corrected chi connectivity index (χ0v) is 13.5. The summed E-state index contributed by atoms with van der Waals surface area (Å²) >= 11 is 5.29. The van der Waals surface area contributed by atoms with Crippen LogP contribution >= 0.6 is 12.2 Å². The fourth-order valence-corrected chi connectivity index (χ4v) is 2.71. The van der Waals surface area contributed by atoms with Gasteiger partial charge in [0.25, 0.3) is 0 Å². The van der Waals surface area contributed by atoms with E-state index in [-0.39, 0.29) is 0 Å². The number of nitrogens with zero attached hydrogens (tertiary/aromatic N) is 1. The fraction of sp³-hybridized carbons (Fsp3) is 0.500. The molecule has 1 aliphatic carbocycles. The fourth-order valence-electron chi connectivity index (χ4n) is 2.50. The van der Waals surface area contributed by atoms with Crippen molar-refractivity contribution in [3.05, 3.63) is 29.8 Å². The maximum atomic E-state index is 5.29. The highest BCUT2D eigenvalue weighted by molar-refractivity contribution is 7.80. The standard InChI is InChI=1S/C16H23N3OS/c1-12(13-8-10-15(20-2)11-9-13)18-19-16(21)17-14-6-4-3-5-7-14/h8-11,14H,3-7H2,1-2H3,(H2,17,19,21). The first-order chi connectivity index (χ1) is 10.2. The Bertz CT molecular complexity index is 493. The zero-order valence-electron chi connectivity index (χ0n) is 12.7. The largest absolute Gasteiger partial charge is 0.497 e. The third-order valence-electron chi connectivity index (χ3n) is 3.77. The summed E-state index contributed by atoms with van der Waals surface area (Å²) < 4.78 is 5.15. The lowest BCUT2D eigenvalue weighted by Crippen LogP contribution is -2.41. The van der Waals surface area contributed by atoms with Crippen LogP contribution in [0.15, 0.2) is 29.4 Å². The predicted octanol–water partition coefficient (Wildman–Crippen LogP) is 3.22. The number of nitrogens with one attached hydrogen (secondary N) is 2. The first-order valence-electron chi connectivity index (χ1n) is 7.44. The Hall–Kier alpha value is -1.62. The molecule has 0 aliphatic heterocycles. The van der Waals surface area contributed by atoms with Gasteiger partial charge in [0.15, 0.2) is 5.11 Å². The molecule has 2 N–H and O–H groups in total. The molecular weight excluding hydrogens is 282 g/mol. The Kier molecular flexibility index (Phi) is 5.99. The van der Waals surface area contributed by atoms with Gasteiger partial charge in [0, 0.05) is 6.04 Å². The summed E-state index contributed by atoms with van der Waals surface area (Å²) in [5.41, 5.74) is 4.87. The van der Waals surface area contributed by atoms with Gasteiger partial charge in [-0.25, -0.2) is 0 Å². The minimum Gasteiger partial charge on any atom is -0.497 e. The highest BCUT2D eigenvalue weighted by atomic mass is 32.1. The van der Waals surface area contributed by atoms with Crippen LogP contribution in [0.5, 0.6) is 5.75 Å². The Balaban J connectivity index is 1.85. The number of benzene rings is 1. The summed E-state index contributed by atoms with van der Waals surface area (Å²) in [6.07, 6.45) is 6.31. The lowest BCUT2D eigenvalue weighted by molar-refractivity contribution is 0.412. The summed E-state index contributed by atoms with van der Waals surface area (Å²) in [6, 6.07) is 8.31. The molecule has 4 nitrogen and oxygen atoms in total. The molecule has 1 aromatic carbocycles. The molecular formula is C16H23N3OS. The Morgan fingerprint density at radius 2 is 1.86 bits per heavy atom. The third kappa shape index (κ3) is 5.01. The number of ether oxygens (including phenoxy) is 1. The third-order valence-corrected chi connectivity index (χ3v) is 3.98. The minimum absolute atomic E-state index is 0.496. The van der Waals surface area contributed by atoms with E-state index in [1.165, 1.54) is 32.1 Å². The van der Waals surface area contributed by atoms with E-state index >= 15 is 0 Å². The van der Waals surface area contributed by atoms with E-state index in [1.807, 2.05) is 31.2 Å². The maximum absolute atomic E-state index is 5.29. The minimum atomic E-state index is 0.496. The van der Waals surface area contributed by atoms with E-state index in [9.17, 15) is 0 Å². The van der Waals surface area contributed by atoms with Gasteiger partial charge in [0.2, 0.25) is 0 Å². The topological polar surface area (TPSA) is 45.6 Å². The van der Waals surface area contributed by atoms with Crippen molar-refractivity contribution in [1.29, 1.82) is 0 Å². The Morgan fingerprint density at radius 3 is 2.48 bits per heavy atom. The van der Waals surface area contributed by atoms with Crippen LogP contribution in [0.4, 0.5) is 0 Å². The highest BCUT2D eigenvalue weighted by Crippen LogP contribution is 2.17. The molecule has 114 valence electrons. The zero-order chi connectivity index (χ0) is 15.1. The number of hydrazone groups is 1. The molecule has 0 saturated heterocycles. The average Bonchev–Trinajstić information content (AvgIpc) is 2.53. The van der Waals surface area contributed by atoms with Gasteiger partial charge in [0.1, 0.15) is 5.75 Å². The van der Waals surface area contributed by atoms with Gasteiger partial charge in [-0.05, 0) is 61.8 Å². The van der Waals surface area contributed by atoms with Crippen molar-refractivity contribution in [2.45, 2.75) is 45.1 Å². The summed E-state index contributed by atoms with van der Waals surface area (Å²) in [4.78, 5) is 0. The summed E-state index contributed by atoms with van der Waals surface area (Å²) in [6.45, 7) is 1.96. The lowest BCUT2D eigenvalue weighted by Gasteiger charge is -2.23. The van der Waals surface area contributed by atoms with E-state index in [0.717, 1.165) is 17.0 Å². The average molecular weight is 305 g/mol. The second-order valence-electron chi connectivity index (χ2n) is 5.35. The summed E-state index contributed by atoms with van der Waals surface area (Å²) in [5, 5.41) is 8.28. The van der Waals surface area contributed by atoms with Gasteiger partial charge in [-0.2, -0.15) is 5.10 Å². The molecule has 0 aromatic heterocycles. The van der Waals surface area contributed by atoms with Gasteiger partial charge < -0.3 is 10.1 Å². The SMILES string of the molecule is COc1ccc(C(C)=NNC(=S)NC2CCCCC2)cc1. The second-order valence-corrected chi connectivity index (χ2v) is 5.75. The van der Waals surface area contributed by atoms with Crippen LogP contribution in [0.2, 0.25) is 0 Å². The number of thiocarbonyl (C=S) groups is 1. The molecule has 0 atom stereocenters. The van der Waals surface area contributed by atoms with Gasteiger partial charge in [-0.15, -0.1) is 0 Å². The van der Waals surface area contributed by atoms with Crippen molar-refractivity contribution in [1.82, 2.24) is 10.7 Å². The van der Waals surface area contributed by atoms with E-state index in [1.54, 1.807) is 7.11 Å². The molecule has 2 rings (SSSR count). The number of hydrogen-bond donors (Lipinski definition) is 2. The van der Waals surface area contributed by atoms with Crippen LogP contribution in [0, 0.1) is 0 Å². The summed E-state index contributed by atoms with van der Waals surface area (Å²) in [5.74, 6) is 0.842. The van der Waals surface area contributed by atoms with Crippen LogP contribution in [0.3, 0.4) is 0 Å². The Labute approximate surface area is 132 Å². The van der Waals surface area contributed by atoms with Crippen LogP contribution < -0.4 is 15.5 Å². The van der Waals surface area contributed by atoms with Crippen LogP contribution in [-0.2, 0) is 0 Å². The molecule has 1 aromatic rings. The molecule has 5 heteroatoms. The molecule has 0 radical (unpaired) electrons. The monoisotopic (exact) mass is 305 g/mol. The smallest absolute Gasteiger partial charge is 0.187 e. The molecule has 0 spiro atoms. The van der Waals surface area contributed by atoms with E-state index in [2.05, 4.69) is 15.8 Å².